The van der Waals surface area contributed by atoms with Crippen LogP contribution in [0.2, 0.25) is 0 Å². The molecule has 1 atom stereocenters. The third-order valence-corrected chi connectivity index (χ3v) is 4.02. The van der Waals surface area contributed by atoms with E-state index in [1.165, 1.54) is 7.11 Å². The third-order valence-electron chi connectivity index (χ3n) is 3.43. The number of hydrogen-bond donors (Lipinski definition) is 3. The summed E-state index contributed by atoms with van der Waals surface area (Å²) < 4.78 is 30.1. The predicted octanol–water partition coefficient (Wildman–Crippen LogP) is 1.43. The number of nitrogens with one attached hydrogen (secondary N) is 3. The van der Waals surface area contributed by atoms with Crippen molar-refractivity contribution in [1.82, 2.24) is 5.32 Å². The number of sulfonamides is 1. The van der Waals surface area contributed by atoms with Crippen molar-refractivity contribution in [2.45, 2.75) is 12.8 Å². The fourth-order valence-corrected chi connectivity index (χ4v) is 2.94. The van der Waals surface area contributed by atoms with Crippen LogP contribution in [0.15, 0.2) is 18.2 Å². The van der Waals surface area contributed by atoms with Gasteiger partial charge >= 0.3 is 0 Å². The Balaban J connectivity index is 0.00000264. The molecule has 130 valence electrons. The van der Waals surface area contributed by atoms with Gasteiger partial charge in [-0.2, -0.15) is 0 Å². The van der Waals surface area contributed by atoms with Crippen LogP contribution in [-0.2, 0) is 14.8 Å². The molecular formula is C14H22ClN3O4S. The number of amides is 1. The first kappa shape index (κ1) is 19.5. The molecule has 0 aliphatic carbocycles. The van der Waals surface area contributed by atoms with Gasteiger partial charge in [-0.3, -0.25) is 9.52 Å². The second-order valence-corrected chi connectivity index (χ2v) is 7.07. The highest BCUT2D eigenvalue weighted by Crippen LogP contribution is 2.29. The summed E-state index contributed by atoms with van der Waals surface area (Å²) in [4.78, 5) is 12.2. The van der Waals surface area contributed by atoms with Crippen LogP contribution in [0.25, 0.3) is 0 Å². The molecule has 1 unspecified atom stereocenters. The Hall–Kier alpha value is -1.51. The SMILES string of the molecule is COc1cc(NC(=O)C2CCCNC2)ccc1NS(C)(=O)=O.Cl. The molecule has 1 aromatic carbocycles. The van der Waals surface area contributed by atoms with Crippen molar-refractivity contribution in [3.8, 4) is 5.75 Å². The van der Waals surface area contributed by atoms with Crippen molar-refractivity contribution in [3.63, 3.8) is 0 Å². The first-order valence-corrected chi connectivity index (χ1v) is 8.95. The number of carbonyl (C=O) groups excluding carboxylic acids is 1. The maximum atomic E-state index is 12.2. The Morgan fingerprint density at radius 3 is 2.70 bits per heavy atom. The van der Waals surface area contributed by atoms with E-state index in [1.807, 2.05) is 0 Å². The van der Waals surface area contributed by atoms with Gasteiger partial charge < -0.3 is 15.4 Å². The lowest BCUT2D eigenvalue weighted by Gasteiger charge is -2.22. The number of benzene rings is 1. The predicted molar refractivity (Wildman–Crippen MR) is 92.9 cm³/mol. The highest BCUT2D eigenvalue weighted by molar-refractivity contribution is 7.92. The summed E-state index contributed by atoms with van der Waals surface area (Å²) in [7, 11) is -1.94. The smallest absolute Gasteiger partial charge is 0.229 e. The number of carbonyl (C=O) groups is 1. The molecule has 23 heavy (non-hydrogen) atoms. The van der Waals surface area contributed by atoms with E-state index >= 15 is 0 Å². The summed E-state index contributed by atoms with van der Waals surface area (Å²) in [5.74, 6) is 0.261. The third kappa shape index (κ3) is 5.89. The molecule has 1 aliphatic heterocycles. The summed E-state index contributed by atoms with van der Waals surface area (Å²) in [6, 6.07) is 4.81. The molecule has 1 aliphatic rings. The highest BCUT2D eigenvalue weighted by Gasteiger charge is 2.21. The molecule has 2 rings (SSSR count). The van der Waals surface area contributed by atoms with E-state index in [0.29, 0.717) is 23.7 Å². The number of anilines is 2. The number of methoxy groups -OCH3 is 1. The van der Waals surface area contributed by atoms with Crippen LogP contribution in [0.1, 0.15) is 12.8 Å². The minimum Gasteiger partial charge on any atom is -0.494 e. The maximum absolute atomic E-state index is 12.2. The number of hydrogen-bond acceptors (Lipinski definition) is 5. The molecule has 3 N–H and O–H groups in total. The van der Waals surface area contributed by atoms with E-state index in [0.717, 1.165) is 25.6 Å². The molecule has 0 radical (unpaired) electrons. The van der Waals surface area contributed by atoms with Gasteiger partial charge in [0.15, 0.2) is 0 Å². The van der Waals surface area contributed by atoms with Gasteiger partial charge in [0.05, 0.1) is 25.0 Å². The first-order valence-electron chi connectivity index (χ1n) is 7.06. The van der Waals surface area contributed by atoms with Crippen molar-refractivity contribution < 1.29 is 17.9 Å². The van der Waals surface area contributed by atoms with Crippen LogP contribution in [-0.4, -0.2) is 40.8 Å². The van der Waals surface area contributed by atoms with Crippen molar-refractivity contribution in [2.75, 3.05) is 36.5 Å². The van der Waals surface area contributed by atoms with E-state index in [1.54, 1.807) is 18.2 Å². The number of piperidine rings is 1. The van der Waals surface area contributed by atoms with E-state index in [9.17, 15) is 13.2 Å². The minimum absolute atomic E-state index is 0. The van der Waals surface area contributed by atoms with E-state index in [-0.39, 0.29) is 24.2 Å². The molecule has 0 saturated carbocycles. The molecule has 0 aromatic heterocycles. The molecule has 1 amide bonds. The van der Waals surface area contributed by atoms with Crippen molar-refractivity contribution in [1.29, 1.82) is 0 Å². The standard InChI is InChI=1S/C14H21N3O4S.ClH/c1-21-13-8-11(5-6-12(13)17-22(2,19)20)16-14(18)10-4-3-7-15-9-10;/h5-6,8,10,15,17H,3-4,7,9H2,1-2H3,(H,16,18);1H. The lowest BCUT2D eigenvalue weighted by atomic mass is 9.99. The Morgan fingerprint density at radius 2 is 2.13 bits per heavy atom. The summed E-state index contributed by atoms with van der Waals surface area (Å²) in [6.45, 7) is 1.63. The van der Waals surface area contributed by atoms with Crippen molar-refractivity contribution >= 4 is 39.7 Å². The number of halogens is 1. The monoisotopic (exact) mass is 363 g/mol. The van der Waals surface area contributed by atoms with Crippen molar-refractivity contribution in [2.24, 2.45) is 5.92 Å². The minimum atomic E-state index is -3.39. The van der Waals surface area contributed by atoms with Crippen LogP contribution >= 0.6 is 12.4 Å². The molecule has 1 fully saturated rings. The maximum Gasteiger partial charge on any atom is 0.229 e. The van der Waals surface area contributed by atoms with Crippen LogP contribution < -0.4 is 20.1 Å². The molecule has 1 saturated heterocycles. The van der Waals surface area contributed by atoms with Crippen molar-refractivity contribution in [3.05, 3.63) is 18.2 Å². The Bertz CT molecular complexity index is 645. The molecule has 7 nitrogen and oxygen atoms in total. The number of ether oxygens (including phenoxy) is 1. The fourth-order valence-electron chi connectivity index (χ4n) is 2.37. The van der Waals surface area contributed by atoms with Gasteiger partial charge in [0.1, 0.15) is 5.75 Å². The summed E-state index contributed by atoms with van der Waals surface area (Å²) in [5, 5.41) is 6.04. The molecule has 0 spiro atoms. The lowest BCUT2D eigenvalue weighted by Crippen LogP contribution is -2.37. The van der Waals surface area contributed by atoms with Gasteiger partial charge in [-0.05, 0) is 31.5 Å². The fraction of sp³-hybridized carbons (Fsp3) is 0.500. The molecule has 0 bridgehead atoms. The van der Waals surface area contributed by atoms with E-state index in [2.05, 4.69) is 15.4 Å². The average Bonchev–Trinajstić information content (AvgIpc) is 2.48. The van der Waals surface area contributed by atoms with Gasteiger partial charge in [-0.25, -0.2) is 8.42 Å². The van der Waals surface area contributed by atoms with Crippen LogP contribution in [0.5, 0.6) is 5.75 Å². The summed E-state index contributed by atoms with van der Waals surface area (Å²) in [6.07, 6.45) is 2.92. The van der Waals surface area contributed by atoms with E-state index < -0.39 is 10.0 Å². The highest BCUT2D eigenvalue weighted by atomic mass is 35.5. The summed E-state index contributed by atoms with van der Waals surface area (Å²) in [5.41, 5.74) is 0.911. The van der Waals surface area contributed by atoms with Gasteiger partial charge in [0.2, 0.25) is 15.9 Å². The van der Waals surface area contributed by atoms with Crippen LogP contribution in [0, 0.1) is 5.92 Å². The molecule has 1 heterocycles. The zero-order valence-electron chi connectivity index (χ0n) is 13.1. The second-order valence-electron chi connectivity index (χ2n) is 5.32. The quantitative estimate of drug-likeness (QED) is 0.735. The molecule has 9 heteroatoms. The van der Waals surface area contributed by atoms with Gasteiger partial charge in [0, 0.05) is 18.3 Å². The second kappa shape index (κ2) is 8.37. The number of rotatable bonds is 5. The van der Waals surface area contributed by atoms with Crippen LogP contribution in [0.4, 0.5) is 11.4 Å². The lowest BCUT2D eigenvalue weighted by molar-refractivity contribution is -0.120. The Morgan fingerprint density at radius 1 is 1.39 bits per heavy atom. The molecular weight excluding hydrogens is 342 g/mol. The Labute approximate surface area is 142 Å². The van der Waals surface area contributed by atoms with Crippen LogP contribution in [0.3, 0.4) is 0 Å². The van der Waals surface area contributed by atoms with Gasteiger partial charge in [-0.1, -0.05) is 0 Å². The zero-order valence-corrected chi connectivity index (χ0v) is 14.7. The normalized spacial score (nSPS) is 17.7. The zero-order chi connectivity index (χ0) is 16.2. The molecule has 1 aromatic rings. The Kier molecular flexibility index (Phi) is 7.11. The van der Waals surface area contributed by atoms with Gasteiger partial charge in [-0.15, -0.1) is 12.4 Å². The van der Waals surface area contributed by atoms with Gasteiger partial charge in [0.25, 0.3) is 0 Å². The topological polar surface area (TPSA) is 96.5 Å². The largest absolute Gasteiger partial charge is 0.494 e. The first-order chi connectivity index (χ1) is 10.4. The summed E-state index contributed by atoms with van der Waals surface area (Å²) >= 11 is 0. The average molecular weight is 364 g/mol. The van der Waals surface area contributed by atoms with E-state index in [4.69, 9.17) is 4.74 Å².